The predicted octanol–water partition coefficient (Wildman–Crippen LogP) is 3.93. The first-order chi connectivity index (χ1) is 8.86. The van der Waals surface area contributed by atoms with Crippen molar-refractivity contribution in [3.63, 3.8) is 0 Å². The highest BCUT2D eigenvalue weighted by atomic mass is 15.2. The van der Waals surface area contributed by atoms with Crippen molar-refractivity contribution in [2.75, 3.05) is 11.4 Å². The van der Waals surface area contributed by atoms with Crippen molar-refractivity contribution in [2.45, 2.75) is 12.8 Å². The number of nitrogens with zero attached hydrogens (tertiary/aromatic N) is 1. The molecule has 1 heterocycles. The van der Waals surface area contributed by atoms with E-state index in [1.54, 1.807) is 0 Å². The van der Waals surface area contributed by atoms with Crippen LogP contribution in [0.1, 0.15) is 12.8 Å². The summed E-state index contributed by atoms with van der Waals surface area (Å²) >= 11 is 0. The molecule has 90 valence electrons. The van der Waals surface area contributed by atoms with Gasteiger partial charge in [0.25, 0.3) is 0 Å². The predicted molar refractivity (Wildman–Crippen MR) is 76.2 cm³/mol. The van der Waals surface area contributed by atoms with Crippen molar-refractivity contribution < 1.29 is 0 Å². The fraction of sp³-hybridized carbons (Fsp3) is 0.188. The summed E-state index contributed by atoms with van der Waals surface area (Å²) in [5, 5.41) is 8.03. The summed E-state index contributed by atoms with van der Waals surface area (Å²) < 4.78 is 0. The van der Waals surface area contributed by atoms with Crippen LogP contribution in [-0.2, 0) is 0 Å². The standard InChI is InChI=1S/C16H16N2/c17-16-11-6-12-18(16)15-10-5-4-9-14(15)13-7-2-1-3-8-13/h1-5,7-10,17H,6,11-12H2. The molecule has 2 heteroatoms. The Labute approximate surface area is 107 Å². The highest BCUT2D eigenvalue weighted by molar-refractivity contribution is 6.00. The van der Waals surface area contributed by atoms with Gasteiger partial charge in [0.05, 0.1) is 0 Å². The minimum atomic E-state index is 0.735. The van der Waals surface area contributed by atoms with Crippen LogP contribution in [0.5, 0.6) is 0 Å². The molecule has 0 unspecified atom stereocenters. The highest BCUT2D eigenvalue weighted by Crippen LogP contribution is 2.32. The number of anilines is 1. The molecule has 0 saturated carbocycles. The van der Waals surface area contributed by atoms with Crippen LogP contribution in [0.2, 0.25) is 0 Å². The van der Waals surface area contributed by atoms with E-state index in [9.17, 15) is 0 Å². The minimum Gasteiger partial charge on any atom is -0.330 e. The van der Waals surface area contributed by atoms with E-state index in [4.69, 9.17) is 5.41 Å². The first kappa shape index (κ1) is 11.0. The molecule has 0 aromatic heterocycles. The van der Waals surface area contributed by atoms with Gasteiger partial charge >= 0.3 is 0 Å². The number of rotatable bonds is 2. The van der Waals surface area contributed by atoms with Gasteiger partial charge in [-0.15, -0.1) is 0 Å². The fourth-order valence-corrected chi connectivity index (χ4v) is 2.51. The Balaban J connectivity index is 2.08. The normalized spacial score (nSPS) is 15.1. The lowest BCUT2D eigenvalue weighted by atomic mass is 10.0. The van der Waals surface area contributed by atoms with Gasteiger partial charge in [-0.2, -0.15) is 0 Å². The van der Waals surface area contributed by atoms with Gasteiger partial charge in [0, 0.05) is 24.2 Å². The molecule has 0 aliphatic carbocycles. The molecule has 0 radical (unpaired) electrons. The Bertz CT molecular complexity index is 560. The average molecular weight is 236 g/mol. The van der Waals surface area contributed by atoms with Gasteiger partial charge in [-0.1, -0.05) is 48.5 Å². The molecule has 2 nitrogen and oxygen atoms in total. The molecule has 1 fully saturated rings. The second-order valence-electron chi connectivity index (χ2n) is 4.59. The maximum absolute atomic E-state index is 8.03. The van der Waals surface area contributed by atoms with Crippen LogP contribution in [0.15, 0.2) is 54.6 Å². The van der Waals surface area contributed by atoms with Gasteiger partial charge in [0.15, 0.2) is 0 Å². The zero-order valence-electron chi connectivity index (χ0n) is 10.3. The number of hydrogen-bond donors (Lipinski definition) is 1. The Morgan fingerprint density at radius 2 is 1.61 bits per heavy atom. The van der Waals surface area contributed by atoms with Crippen LogP contribution in [0.4, 0.5) is 5.69 Å². The van der Waals surface area contributed by atoms with Gasteiger partial charge in [-0.25, -0.2) is 0 Å². The van der Waals surface area contributed by atoms with Crippen LogP contribution >= 0.6 is 0 Å². The Morgan fingerprint density at radius 1 is 0.889 bits per heavy atom. The average Bonchev–Trinajstić information content (AvgIpc) is 2.86. The molecule has 2 aromatic carbocycles. The maximum atomic E-state index is 8.03. The van der Waals surface area contributed by atoms with Gasteiger partial charge < -0.3 is 4.90 Å². The largest absolute Gasteiger partial charge is 0.330 e. The van der Waals surface area contributed by atoms with E-state index in [1.807, 2.05) is 12.1 Å². The van der Waals surface area contributed by atoms with Crippen LogP contribution in [0.25, 0.3) is 11.1 Å². The molecule has 1 aliphatic rings. The molecule has 2 aromatic rings. The molecular weight excluding hydrogens is 220 g/mol. The quantitative estimate of drug-likeness (QED) is 0.840. The lowest BCUT2D eigenvalue weighted by Gasteiger charge is -2.21. The summed E-state index contributed by atoms with van der Waals surface area (Å²) in [4.78, 5) is 2.13. The van der Waals surface area contributed by atoms with Crippen LogP contribution in [0, 0.1) is 5.41 Å². The SMILES string of the molecule is N=C1CCCN1c1ccccc1-c1ccccc1. The third-order valence-corrected chi connectivity index (χ3v) is 3.40. The Hall–Kier alpha value is -2.09. The minimum absolute atomic E-state index is 0.735. The summed E-state index contributed by atoms with van der Waals surface area (Å²) in [6.45, 7) is 0.961. The second kappa shape index (κ2) is 4.65. The Kier molecular flexibility index (Phi) is 2.85. The number of para-hydroxylation sites is 1. The van der Waals surface area contributed by atoms with E-state index >= 15 is 0 Å². The smallest absolute Gasteiger partial charge is 0.100 e. The van der Waals surface area contributed by atoms with Crippen LogP contribution < -0.4 is 4.90 Å². The molecule has 0 spiro atoms. The fourth-order valence-electron chi connectivity index (χ4n) is 2.51. The summed E-state index contributed by atoms with van der Waals surface area (Å²) in [7, 11) is 0. The molecule has 1 N–H and O–H groups in total. The topological polar surface area (TPSA) is 27.1 Å². The second-order valence-corrected chi connectivity index (χ2v) is 4.59. The summed E-state index contributed by atoms with van der Waals surface area (Å²) in [5.74, 6) is 0.735. The molecule has 3 rings (SSSR count). The summed E-state index contributed by atoms with van der Waals surface area (Å²) in [6.07, 6.45) is 1.98. The van der Waals surface area contributed by atoms with E-state index in [2.05, 4.69) is 47.4 Å². The molecule has 18 heavy (non-hydrogen) atoms. The lowest BCUT2D eigenvalue weighted by molar-refractivity contribution is 0.957. The van der Waals surface area contributed by atoms with Gasteiger partial charge in [-0.05, 0) is 18.1 Å². The monoisotopic (exact) mass is 236 g/mol. The molecule has 0 bridgehead atoms. The number of benzene rings is 2. The summed E-state index contributed by atoms with van der Waals surface area (Å²) in [6, 6.07) is 18.8. The third kappa shape index (κ3) is 1.90. The molecular formula is C16H16N2. The van der Waals surface area contributed by atoms with Crippen molar-refractivity contribution in [3.05, 3.63) is 54.6 Å². The van der Waals surface area contributed by atoms with Crippen LogP contribution in [-0.4, -0.2) is 12.4 Å². The highest BCUT2D eigenvalue weighted by Gasteiger charge is 2.20. The van der Waals surface area contributed by atoms with Gasteiger partial charge in [0.2, 0.25) is 0 Å². The molecule has 0 atom stereocenters. The van der Waals surface area contributed by atoms with E-state index in [1.165, 1.54) is 11.1 Å². The zero-order chi connectivity index (χ0) is 12.4. The van der Waals surface area contributed by atoms with E-state index in [0.717, 1.165) is 30.9 Å². The molecule has 1 aliphatic heterocycles. The van der Waals surface area contributed by atoms with E-state index in [0.29, 0.717) is 0 Å². The number of amidine groups is 1. The van der Waals surface area contributed by atoms with Crippen LogP contribution in [0.3, 0.4) is 0 Å². The summed E-state index contributed by atoms with van der Waals surface area (Å²) in [5.41, 5.74) is 3.59. The number of nitrogens with one attached hydrogen (secondary N) is 1. The Morgan fingerprint density at radius 3 is 2.33 bits per heavy atom. The molecule has 1 saturated heterocycles. The van der Waals surface area contributed by atoms with E-state index < -0.39 is 0 Å². The third-order valence-electron chi connectivity index (χ3n) is 3.40. The van der Waals surface area contributed by atoms with Gasteiger partial charge in [0.1, 0.15) is 5.84 Å². The first-order valence-corrected chi connectivity index (χ1v) is 6.36. The van der Waals surface area contributed by atoms with Crippen molar-refractivity contribution in [2.24, 2.45) is 0 Å². The van der Waals surface area contributed by atoms with Crippen molar-refractivity contribution in [1.82, 2.24) is 0 Å². The van der Waals surface area contributed by atoms with Crippen molar-refractivity contribution in [1.29, 1.82) is 5.41 Å². The van der Waals surface area contributed by atoms with E-state index in [-0.39, 0.29) is 0 Å². The molecule has 0 amide bonds. The number of hydrogen-bond acceptors (Lipinski definition) is 1. The lowest BCUT2D eigenvalue weighted by Crippen LogP contribution is -2.23. The first-order valence-electron chi connectivity index (χ1n) is 6.36. The van der Waals surface area contributed by atoms with Crippen molar-refractivity contribution >= 4 is 11.5 Å². The van der Waals surface area contributed by atoms with Crippen molar-refractivity contribution in [3.8, 4) is 11.1 Å². The zero-order valence-corrected chi connectivity index (χ0v) is 10.3. The van der Waals surface area contributed by atoms with Gasteiger partial charge in [-0.3, -0.25) is 5.41 Å². The maximum Gasteiger partial charge on any atom is 0.100 e.